The van der Waals surface area contributed by atoms with Crippen molar-refractivity contribution in [3.05, 3.63) is 0 Å². The minimum Gasteiger partial charge on any atom is -0.370 e. The Kier molecular flexibility index (Phi) is 8.23. The van der Waals surface area contributed by atoms with Crippen molar-refractivity contribution in [2.75, 3.05) is 14.1 Å². The van der Waals surface area contributed by atoms with Crippen LogP contribution in [-0.4, -0.2) is 53.0 Å². The fraction of sp³-hybridized carbons (Fsp3) is 0.812. The van der Waals surface area contributed by atoms with Crippen LogP contribution >= 0.6 is 0 Å². The molecule has 0 aliphatic carbocycles. The Labute approximate surface area is 138 Å². The van der Waals surface area contributed by atoms with Gasteiger partial charge in [0.2, 0.25) is 17.7 Å². The first kappa shape index (κ1) is 21.4. The van der Waals surface area contributed by atoms with Gasteiger partial charge in [-0.05, 0) is 11.8 Å². The molecule has 7 nitrogen and oxygen atoms in total. The topological polar surface area (TPSA) is 104 Å². The molecular weight excluding hydrogens is 298 g/mol. The fourth-order valence-corrected chi connectivity index (χ4v) is 2.41. The summed E-state index contributed by atoms with van der Waals surface area (Å²) in [7, 11) is 3.13. The number of primary amides is 1. The Balaban J connectivity index is 5.43. The summed E-state index contributed by atoms with van der Waals surface area (Å²) in [5.74, 6) is -2.31. The predicted octanol–water partition coefficient (Wildman–Crippen LogP) is 1.39. The largest absolute Gasteiger partial charge is 0.370 e. The second-order valence-corrected chi connectivity index (χ2v) is 7.19. The molecule has 3 amide bonds. The first-order chi connectivity index (χ1) is 10.4. The van der Waals surface area contributed by atoms with Gasteiger partial charge in [-0.25, -0.2) is 5.06 Å². The first-order valence-corrected chi connectivity index (χ1v) is 7.94. The second-order valence-electron chi connectivity index (χ2n) is 7.19. The molecule has 7 heteroatoms. The zero-order chi connectivity index (χ0) is 18.4. The van der Waals surface area contributed by atoms with Gasteiger partial charge in [-0.2, -0.15) is 0 Å². The minimum absolute atomic E-state index is 0.136. The summed E-state index contributed by atoms with van der Waals surface area (Å²) in [6.45, 7) is 7.27. The number of likely N-dealkylation sites (N-methyl/N-ethyl adjacent to an activating group) is 1. The quantitative estimate of drug-likeness (QED) is 0.518. The smallest absolute Gasteiger partial charge is 0.250 e. The zero-order valence-electron chi connectivity index (χ0n) is 15.1. The highest BCUT2D eigenvalue weighted by molar-refractivity contribution is 5.90. The van der Waals surface area contributed by atoms with E-state index in [-0.39, 0.29) is 12.3 Å². The molecule has 0 aromatic rings. The summed E-state index contributed by atoms with van der Waals surface area (Å²) in [6, 6.07) is -1.03. The summed E-state index contributed by atoms with van der Waals surface area (Å²) in [5, 5.41) is 10.9. The van der Waals surface area contributed by atoms with Crippen molar-refractivity contribution in [3.63, 3.8) is 0 Å². The van der Waals surface area contributed by atoms with Crippen molar-refractivity contribution >= 4 is 17.7 Å². The van der Waals surface area contributed by atoms with Gasteiger partial charge in [0, 0.05) is 26.4 Å². The van der Waals surface area contributed by atoms with E-state index in [2.05, 4.69) is 0 Å². The standard InChI is InChI=1S/C16H31N3O4/c1-7-8-9-11(10-12(17)20)14(21)19(23)13(16(2,3)4)15(22)18(5)6/h11,13,23H,7-10H2,1-6H3,(H2,17,20)/t11-,13-/m1/s1. The average molecular weight is 329 g/mol. The Morgan fingerprint density at radius 1 is 1.13 bits per heavy atom. The molecule has 0 heterocycles. The Morgan fingerprint density at radius 3 is 2.00 bits per heavy atom. The zero-order valence-corrected chi connectivity index (χ0v) is 15.1. The van der Waals surface area contributed by atoms with Gasteiger partial charge >= 0.3 is 0 Å². The molecule has 0 saturated heterocycles. The van der Waals surface area contributed by atoms with Crippen LogP contribution in [0.1, 0.15) is 53.4 Å². The van der Waals surface area contributed by atoms with Gasteiger partial charge in [0.1, 0.15) is 6.04 Å². The second kappa shape index (κ2) is 8.86. The number of hydrogen-bond donors (Lipinski definition) is 2. The monoisotopic (exact) mass is 329 g/mol. The van der Waals surface area contributed by atoms with Crippen LogP contribution < -0.4 is 5.73 Å². The number of amides is 3. The lowest BCUT2D eigenvalue weighted by atomic mass is 9.84. The van der Waals surface area contributed by atoms with Crippen molar-refractivity contribution in [3.8, 4) is 0 Å². The molecule has 0 aromatic carbocycles. The van der Waals surface area contributed by atoms with Crippen molar-refractivity contribution in [2.24, 2.45) is 17.1 Å². The molecule has 0 unspecified atom stereocenters. The summed E-state index contributed by atoms with van der Waals surface area (Å²) >= 11 is 0. The molecule has 0 aromatic heterocycles. The number of carbonyl (C=O) groups is 3. The third-order valence-electron chi connectivity index (χ3n) is 3.67. The van der Waals surface area contributed by atoms with E-state index in [4.69, 9.17) is 5.73 Å². The van der Waals surface area contributed by atoms with Crippen LogP contribution in [0.2, 0.25) is 0 Å². The molecule has 0 aliphatic heterocycles. The van der Waals surface area contributed by atoms with E-state index in [1.54, 1.807) is 34.9 Å². The van der Waals surface area contributed by atoms with E-state index in [1.807, 2.05) is 6.92 Å². The molecule has 0 aliphatic rings. The molecule has 0 bridgehead atoms. The van der Waals surface area contributed by atoms with Crippen LogP contribution in [0.3, 0.4) is 0 Å². The summed E-state index contributed by atoms with van der Waals surface area (Å²) < 4.78 is 0. The van der Waals surface area contributed by atoms with Gasteiger partial charge < -0.3 is 10.6 Å². The number of unbranched alkanes of at least 4 members (excludes halogenated alkanes) is 1. The minimum atomic E-state index is -1.03. The Morgan fingerprint density at radius 2 is 1.65 bits per heavy atom. The Bertz CT molecular complexity index is 430. The van der Waals surface area contributed by atoms with Crippen LogP contribution in [-0.2, 0) is 14.4 Å². The number of nitrogens with two attached hydrogens (primary N) is 1. The van der Waals surface area contributed by atoms with Crippen molar-refractivity contribution < 1.29 is 19.6 Å². The van der Waals surface area contributed by atoms with Gasteiger partial charge in [0.25, 0.3) is 0 Å². The average Bonchev–Trinajstić information content (AvgIpc) is 2.40. The van der Waals surface area contributed by atoms with E-state index in [0.29, 0.717) is 11.5 Å². The van der Waals surface area contributed by atoms with Gasteiger partial charge in [-0.3, -0.25) is 19.6 Å². The highest BCUT2D eigenvalue weighted by atomic mass is 16.5. The van der Waals surface area contributed by atoms with Gasteiger partial charge in [0.15, 0.2) is 0 Å². The maximum atomic E-state index is 12.6. The summed E-state index contributed by atoms with van der Waals surface area (Å²) in [5.41, 5.74) is 4.55. The highest BCUT2D eigenvalue weighted by Crippen LogP contribution is 2.27. The molecule has 2 atom stereocenters. The van der Waals surface area contributed by atoms with Crippen molar-refractivity contribution in [1.82, 2.24) is 9.96 Å². The maximum Gasteiger partial charge on any atom is 0.250 e. The summed E-state index contributed by atoms with van der Waals surface area (Å²) in [4.78, 5) is 37.5. The lowest BCUT2D eigenvalue weighted by molar-refractivity contribution is -0.196. The van der Waals surface area contributed by atoms with Crippen LogP contribution in [0.25, 0.3) is 0 Å². The normalized spacial score (nSPS) is 14.0. The number of rotatable bonds is 8. The highest BCUT2D eigenvalue weighted by Gasteiger charge is 2.41. The van der Waals surface area contributed by atoms with E-state index < -0.39 is 29.2 Å². The number of carbonyl (C=O) groups excluding carboxylic acids is 3. The van der Waals surface area contributed by atoms with Crippen LogP contribution in [0.4, 0.5) is 0 Å². The van der Waals surface area contributed by atoms with Crippen molar-refractivity contribution in [2.45, 2.75) is 59.4 Å². The van der Waals surface area contributed by atoms with E-state index in [0.717, 1.165) is 12.8 Å². The van der Waals surface area contributed by atoms with E-state index in [9.17, 15) is 19.6 Å². The van der Waals surface area contributed by atoms with Crippen LogP contribution in [0.5, 0.6) is 0 Å². The van der Waals surface area contributed by atoms with Gasteiger partial charge in [-0.1, -0.05) is 40.5 Å². The predicted molar refractivity (Wildman–Crippen MR) is 87.4 cm³/mol. The summed E-state index contributed by atoms with van der Waals surface area (Å²) in [6.07, 6.45) is 1.90. The molecule has 0 saturated carbocycles. The Hall–Kier alpha value is -1.63. The van der Waals surface area contributed by atoms with Crippen LogP contribution in [0.15, 0.2) is 0 Å². The molecule has 0 rings (SSSR count). The molecule has 0 spiro atoms. The van der Waals surface area contributed by atoms with Gasteiger partial charge in [-0.15, -0.1) is 0 Å². The SMILES string of the molecule is CCCC[C@H](CC(N)=O)C(=O)N(O)[C@H](C(=O)N(C)C)C(C)(C)C. The number of hydrogen-bond acceptors (Lipinski definition) is 4. The molecule has 134 valence electrons. The molecule has 3 N–H and O–H groups in total. The number of nitrogens with zero attached hydrogens (tertiary/aromatic N) is 2. The molecular formula is C16H31N3O4. The third-order valence-corrected chi connectivity index (χ3v) is 3.67. The maximum absolute atomic E-state index is 12.6. The van der Waals surface area contributed by atoms with Crippen LogP contribution in [0, 0.1) is 11.3 Å². The molecule has 0 fully saturated rings. The fourth-order valence-electron chi connectivity index (χ4n) is 2.41. The molecule has 0 radical (unpaired) electrons. The lowest BCUT2D eigenvalue weighted by Gasteiger charge is -2.37. The lowest BCUT2D eigenvalue weighted by Crippen LogP contribution is -2.55. The van der Waals surface area contributed by atoms with E-state index >= 15 is 0 Å². The third kappa shape index (κ3) is 6.56. The van der Waals surface area contributed by atoms with E-state index in [1.165, 1.54) is 4.90 Å². The first-order valence-electron chi connectivity index (χ1n) is 7.94. The van der Waals surface area contributed by atoms with Gasteiger partial charge in [0.05, 0.1) is 0 Å². The number of hydroxylamine groups is 2. The van der Waals surface area contributed by atoms with Crippen molar-refractivity contribution in [1.29, 1.82) is 0 Å². The molecule has 23 heavy (non-hydrogen) atoms.